The van der Waals surface area contributed by atoms with Gasteiger partial charge in [0.1, 0.15) is 6.10 Å². The standard InChI is InChI=1S/C12H14BrNOS2/c13-12-4-3-9(17-12)5-6-14-8-10(15)11-2-1-7-16-11/h1-4,7,10,14-15H,5-6,8H2. The number of aliphatic hydroxyl groups is 1. The zero-order valence-electron chi connectivity index (χ0n) is 9.23. The summed E-state index contributed by atoms with van der Waals surface area (Å²) in [5.41, 5.74) is 0. The van der Waals surface area contributed by atoms with Gasteiger partial charge in [0.25, 0.3) is 0 Å². The number of halogens is 1. The largest absolute Gasteiger partial charge is 0.386 e. The molecule has 0 aromatic carbocycles. The van der Waals surface area contributed by atoms with E-state index in [-0.39, 0.29) is 6.10 Å². The fourth-order valence-corrected chi connectivity index (χ4v) is 3.71. The third kappa shape index (κ3) is 4.19. The van der Waals surface area contributed by atoms with Crippen molar-refractivity contribution in [1.82, 2.24) is 5.32 Å². The van der Waals surface area contributed by atoms with Crippen LogP contribution < -0.4 is 5.32 Å². The smallest absolute Gasteiger partial charge is 0.101 e. The Morgan fingerprint density at radius 1 is 1.35 bits per heavy atom. The lowest BCUT2D eigenvalue weighted by atomic mass is 10.3. The highest BCUT2D eigenvalue weighted by atomic mass is 79.9. The molecule has 0 saturated carbocycles. The molecule has 17 heavy (non-hydrogen) atoms. The molecule has 0 radical (unpaired) electrons. The molecule has 0 amide bonds. The van der Waals surface area contributed by atoms with Crippen molar-refractivity contribution in [2.75, 3.05) is 13.1 Å². The summed E-state index contributed by atoms with van der Waals surface area (Å²) in [5.74, 6) is 0. The second kappa shape index (κ2) is 6.66. The Balaban J connectivity index is 1.66. The van der Waals surface area contributed by atoms with Gasteiger partial charge in [-0.2, -0.15) is 0 Å². The second-order valence-electron chi connectivity index (χ2n) is 3.69. The first kappa shape index (κ1) is 13.2. The molecule has 0 saturated heterocycles. The Morgan fingerprint density at radius 3 is 2.88 bits per heavy atom. The fraction of sp³-hybridized carbons (Fsp3) is 0.333. The molecule has 0 aliphatic carbocycles. The van der Waals surface area contributed by atoms with Crippen molar-refractivity contribution in [3.63, 3.8) is 0 Å². The van der Waals surface area contributed by atoms with Gasteiger partial charge >= 0.3 is 0 Å². The minimum Gasteiger partial charge on any atom is -0.386 e. The predicted molar refractivity (Wildman–Crippen MR) is 77.9 cm³/mol. The van der Waals surface area contributed by atoms with Crippen LogP contribution in [0.3, 0.4) is 0 Å². The van der Waals surface area contributed by atoms with Crippen LogP contribution in [0.5, 0.6) is 0 Å². The summed E-state index contributed by atoms with van der Waals surface area (Å²) >= 11 is 6.81. The van der Waals surface area contributed by atoms with Gasteiger partial charge in [0.15, 0.2) is 0 Å². The highest BCUT2D eigenvalue weighted by Gasteiger charge is 2.07. The zero-order chi connectivity index (χ0) is 12.1. The molecule has 0 fully saturated rings. The van der Waals surface area contributed by atoms with Crippen molar-refractivity contribution in [2.45, 2.75) is 12.5 Å². The first-order valence-corrected chi connectivity index (χ1v) is 7.91. The van der Waals surface area contributed by atoms with Crippen molar-refractivity contribution in [3.05, 3.63) is 43.2 Å². The van der Waals surface area contributed by atoms with Crippen LogP contribution in [0.4, 0.5) is 0 Å². The van der Waals surface area contributed by atoms with E-state index in [0.717, 1.165) is 17.8 Å². The van der Waals surface area contributed by atoms with Crippen molar-refractivity contribution >= 4 is 38.6 Å². The molecule has 0 aliphatic rings. The summed E-state index contributed by atoms with van der Waals surface area (Å²) in [6.45, 7) is 1.52. The summed E-state index contributed by atoms with van der Waals surface area (Å²) in [5, 5.41) is 15.1. The topological polar surface area (TPSA) is 32.3 Å². The molecular formula is C12H14BrNOS2. The van der Waals surface area contributed by atoms with Crippen molar-refractivity contribution < 1.29 is 5.11 Å². The van der Waals surface area contributed by atoms with Gasteiger partial charge in [-0.3, -0.25) is 0 Å². The normalized spacial score (nSPS) is 12.8. The van der Waals surface area contributed by atoms with Gasteiger partial charge in [0, 0.05) is 22.8 Å². The average Bonchev–Trinajstić information content (AvgIpc) is 2.95. The molecule has 2 nitrogen and oxygen atoms in total. The molecule has 0 aliphatic heterocycles. The molecule has 2 rings (SSSR count). The molecule has 2 aromatic rings. The Hall–Kier alpha value is -0.200. The van der Waals surface area contributed by atoms with Crippen LogP contribution in [0.25, 0.3) is 0 Å². The maximum Gasteiger partial charge on any atom is 0.101 e. The van der Waals surface area contributed by atoms with Crippen molar-refractivity contribution in [3.8, 4) is 0 Å². The van der Waals surface area contributed by atoms with E-state index >= 15 is 0 Å². The molecule has 1 unspecified atom stereocenters. The second-order valence-corrected chi connectivity index (χ2v) is 7.22. The molecular weight excluding hydrogens is 318 g/mol. The zero-order valence-corrected chi connectivity index (χ0v) is 12.4. The number of nitrogens with one attached hydrogen (secondary N) is 1. The van der Waals surface area contributed by atoms with Crippen LogP contribution in [0.15, 0.2) is 33.4 Å². The highest BCUT2D eigenvalue weighted by molar-refractivity contribution is 9.11. The first-order valence-electron chi connectivity index (χ1n) is 5.42. The van der Waals surface area contributed by atoms with Crippen LogP contribution in [-0.4, -0.2) is 18.2 Å². The van der Waals surface area contributed by atoms with E-state index in [1.165, 1.54) is 8.66 Å². The predicted octanol–water partition coefficient (Wildman–Crippen LogP) is 3.44. The van der Waals surface area contributed by atoms with Gasteiger partial charge in [-0.15, -0.1) is 22.7 Å². The molecule has 92 valence electrons. The van der Waals surface area contributed by atoms with Crippen LogP contribution in [0.2, 0.25) is 0 Å². The summed E-state index contributed by atoms with van der Waals surface area (Å²) < 4.78 is 1.17. The maximum absolute atomic E-state index is 9.85. The summed E-state index contributed by atoms with van der Waals surface area (Å²) in [7, 11) is 0. The summed E-state index contributed by atoms with van der Waals surface area (Å²) in [6, 6.07) is 8.13. The third-order valence-electron chi connectivity index (χ3n) is 2.39. The maximum atomic E-state index is 9.85. The number of hydrogen-bond donors (Lipinski definition) is 2. The lowest BCUT2D eigenvalue weighted by Crippen LogP contribution is -2.23. The van der Waals surface area contributed by atoms with Gasteiger partial charge in [-0.25, -0.2) is 0 Å². The summed E-state index contributed by atoms with van der Waals surface area (Å²) in [6.07, 6.45) is 0.623. The average molecular weight is 332 g/mol. The van der Waals surface area contributed by atoms with Gasteiger partial charge < -0.3 is 10.4 Å². The molecule has 2 N–H and O–H groups in total. The molecule has 0 bridgehead atoms. The molecule has 5 heteroatoms. The molecule has 1 atom stereocenters. The summed E-state index contributed by atoms with van der Waals surface area (Å²) in [4.78, 5) is 2.38. The Bertz CT molecular complexity index is 441. The monoisotopic (exact) mass is 331 g/mol. The quantitative estimate of drug-likeness (QED) is 0.795. The van der Waals surface area contributed by atoms with Crippen LogP contribution >= 0.6 is 38.6 Å². The van der Waals surface area contributed by atoms with E-state index in [1.807, 2.05) is 17.5 Å². The van der Waals surface area contributed by atoms with Gasteiger partial charge in [0.2, 0.25) is 0 Å². The minimum absolute atomic E-state index is 0.384. The number of hydrogen-bond acceptors (Lipinski definition) is 4. The number of thiophene rings is 2. The van der Waals surface area contributed by atoms with Crippen molar-refractivity contribution in [2.24, 2.45) is 0 Å². The Labute approximate surface area is 117 Å². The lowest BCUT2D eigenvalue weighted by molar-refractivity contribution is 0.179. The lowest BCUT2D eigenvalue weighted by Gasteiger charge is -2.09. The van der Waals surface area contributed by atoms with E-state index in [9.17, 15) is 5.11 Å². The van der Waals surface area contributed by atoms with E-state index in [2.05, 4.69) is 33.4 Å². The Kier molecular flexibility index (Phi) is 5.18. The van der Waals surface area contributed by atoms with E-state index in [4.69, 9.17) is 0 Å². The van der Waals surface area contributed by atoms with Crippen LogP contribution in [-0.2, 0) is 6.42 Å². The minimum atomic E-state index is -0.384. The van der Waals surface area contributed by atoms with Gasteiger partial charge in [-0.05, 0) is 45.9 Å². The van der Waals surface area contributed by atoms with Crippen molar-refractivity contribution in [1.29, 1.82) is 0 Å². The highest BCUT2D eigenvalue weighted by Crippen LogP contribution is 2.22. The van der Waals surface area contributed by atoms with Crippen LogP contribution in [0.1, 0.15) is 15.9 Å². The first-order chi connectivity index (χ1) is 8.25. The molecule has 2 heterocycles. The Morgan fingerprint density at radius 2 is 2.24 bits per heavy atom. The van der Waals surface area contributed by atoms with E-state index in [1.54, 1.807) is 22.7 Å². The molecule has 0 spiro atoms. The van der Waals surface area contributed by atoms with E-state index < -0.39 is 0 Å². The fourth-order valence-electron chi connectivity index (χ4n) is 1.52. The van der Waals surface area contributed by atoms with E-state index in [0.29, 0.717) is 6.54 Å². The number of rotatable bonds is 6. The SMILES string of the molecule is OC(CNCCc1ccc(Br)s1)c1cccs1. The van der Waals surface area contributed by atoms with Gasteiger partial charge in [0.05, 0.1) is 3.79 Å². The number of aliphatic hydroxyl groups excluding tert-OH is 1. The third-order valence-corrected chi connectivity index (χ3v) is 5.04. The molecule has 2 aromatic heterocycles. The van der Waals surface area contributed by atoms with Crippen LogP contribution in [0, 0.1) is 0 Å². The van der Waals surface area contributed by atoms with Gasteiger partial charge in [-0.1, -0.05) is 6.07 Å².